The maximum absolute atomic E-state index is 12.6. The number of aromatic nitrogens is 5. The Morgan fingerprint density at radius 3 is 2.45 bits per heavy atom. The molecule has 1 amide bonds. The Balaban J connectivity index is 1.49. The summed E-state index contributed by atoms with van der Waals surface area (Å²) in [6.45, 7) is 3.28. The highest BCUT2D eigenvalue weighted by Crippen LogP contribution is 2.20. The summed E-state index contributed by atoms with van der Waals surface area (Å²) in [5, 5.41) is 11.6. The summed E-state index contributed by atoms with van der Waals surface area (Å²) in [7, 11) is 0. The molecule has 4 rings (SSSR count). The number of para-hydroxylation sites is 1. The van der Waals surface area contributed by atoms with Crippen LogP contribution in [-0.2, 0) is 6.54 Å². The molecule has 0 aliphatic carbocycles. The molecule has 0 saturated carbocycles. The lowest BCUT2D eigenvalue weighted by atomic mass is 10.2. The summed E-state index contributed by atoms with van der Waals surface area (Å²) in [5.74, 6) is 0.505. The monoisotopic (exact) mass is 386 g/mol. The zero-order chi connectivity index (χ0) is 20.1. The van der Waals surface area contributed by atoms with Crippen molar-refractivity contribution in [1.82, 2.24) is 29.9 Å². The molecule has 0 atom stereocenters. The second-order valence-corrected chi connectivity index (χ2v) is 6.76. The summed E-state index contributed by atoms with van der Waals surface area (Å²) in [4.78, 5) is 17.1. The quantitative estimate of drug-likeness (QED) is 0.495. The van der Waals surface area contributed by atoms with Gasteiger partial charge < -0.3 is 5.32 Å². The second kappa shape index (κ2) is 8.52. The van der Waals surface area contributed by atoms with Gasteiger partial charge in [0.15, 0.2) is 5.82 Å². The largest absolute Gasteiger partial charge is 0.349 e. The lowest BCUT2D eigenvalue weighted by Crippen LogP contribution is -2.26. The van der Waals surface area contributed by atoms with Gasteiger partial charge in [-0.05, 0) is 31.0 Å². The highest BCUT2D eigenvalue weighted by Gasteiger charge is 2.18. The first-order valence-electron chi connectivity index (χ1n) is 9.56. The first kappa shape index (κ1) is 18.6. The van der Waals surface area contributed by atoms with E-state index in [1.165, 1.54) is 0 Å². The van der Waals surface area contributed by atoms with Gasteiger partial charge in [-0.3, -0.25) is 9.48 Å². The van der Waals surface area contributed by atoms with Crippen molar-refractivity contribution >= 4 is 5.91 Å². The van der Waals surface area contributed by atoms with Crippen LogP contribution in [0.3, 0.4) is 0 Å². The summed E-state index contributed by atoms with van der Waals surface area (Å²) in [5.41, 5.74) is 2.88. The molecule has 0 aliphatic rings. The Morgan fingerprint density at radius 2 is 1.76 bits per heavy atom. The first-order valence-corrected chi connectivity index (χ1v) is 9.56. The van der Waals surface area contributed by atoms with Gasteiger partial charge in [0.25, 0.3) is 5.91 Å². The van der Waals surface area contributed by atoms with E-state index < -0.39 is 0 Å². The number of amides is 1. The smallest absolute Gasteiger partial charge is 0.290 e. The molecule has 7 nitrogen and oxygen atoms in total. The van der Waals surface area contributed by atoms with E-state index in [2.05, 4.69) is 20.5 Å². The molecule has 0 unspecified atom stereocenters. The van der Waals surface area contributed by atoms with Crippen LogP contribution >= 0.6 is 0 Å². The number of nitrogens with one attached hydrogen (secondary N) is 1. The maximum Gasteiger partial charge on any atom is 0.290 e. The van der Waals surface area contributed by atoms with E-state index >= 15 is 0 Å². The average molecular weight is 386 g/mol. The zero-order valence-corrected chi connectivity index (χ0v) is 16.2. The van der Waals surface area contributed by atoms with Gasteiger partial charge in [0.05, 0.1) is 11.9 Å². The highest BCUT2D eigenvalue weighted by molar-refractivity contribution is 5.91. The number of benzene rings is 2. The van der Waals surface area contributed by atoms with Crippen LogP contribution in [-0.4, -0.2) is 37.0 Å². The van der Waals surface area contributed by atoms with E-state index in [4.69, 9.17) is 0 Å². The van der Waals surface area contributed by atoms with E-state index in [9.17, 15) is 4.79 Å². The number of nitrogens with zero attached hydrogens (tertiary/aromatic N) is 5. The molecule has 29 heavy (non-hydrogen) atoms. The SMILES string of the molecule is Cc1cnn(CCCNC(=O)c2nc(-c3ccccc3)n(-c3ccccc3)n2)c1. The van der Waals surface area contributed by atoms with E-state index in [0.29, 0.717) is 12.4 Å². The van der Waals surface area contributed by atoms with Crippen LogP contribution in [0.15, 0.2) is 73.1 Å². The zero-order valence-electron chi connectivity index (χ0n) is 16.2. The van der Waals surface area contributed by atoms with Gasteiger partial charge in [-0.2, -0.15) is 5.10 Å². The molecular formula is C22H22N6O. The van der Waals surface area contributed by atoms with Crippen LogP contribution in [0, 0.1) is 6.92 Å². The number of rotatable bonds is 7. The summed E-state index contributed by atoms with van der Waals surface area (Å²) >= 11 is 0. The Kier molecular flexibility index (Phi) is 5.47. The van der Waals surface area contributed by atoms with Crippen molar-refractivity contribution in [3.63, 3.8) is 0 Å². The van der Waals surface area contributed by atoms with Crippen LogP contribution < -0.4 is 5.32 Å². The van der Waals surface area contributed by atoms with Crippen LogP contribution in [0.2, 0.25) is 0 Å². The van der Waals surface area contributed by atoms with E-state index in [0.717, 1.165) is 29.8 Å². The molecule has 0 saturated heterocycles. The third-order valence-corrected chi connectivity index (χ3v) is 4.45. The van der Waals surface area contributed by atoms with Gasteiger partial charge in [-0.15, -0.1) is 5.10 Å². The van der Waals surface area contributed by atoms with Gasteiger partial charge in [-0.1, -0.05) is 48.5 Å². The minimum absolute atomic E-state index is 0.155. The van der Waals surface area contributed by atoms with E-state index in [1.54, 1.807) is 4.68 Å². The van der Waals surface area contributed by atoms with Crippen LogP contribution in [0.25, 0.3) is 17.1 Å². The normalized spacial score (nSPS) is 10.8. The minimum atomic E-state index is -0.284. The molecular weight excluding hydrogens is 364 g/mol. The van der Waals surface area contributed by atoms with Crippen molar-refractivity contribution < 1.29 is 4.79 Å². The molecule has 1 N–H and O–H groups in total. The van der Waals surface area contributed by atoms with Gasteiger partial charge >= 0.3 is 0 Å². The number of hydrogen-bond acceptors (Lipinski definition) is 4. The number of carbonyl (C=O) groups excluding carboxylic acids is 1. The molecule has 0 spiro atoms. The summed E-state index contributed by atoms with van der Waals surface area (Å²) < 4.78 is 3.58. The molecule has 2 heterocycles. The molecule has 0 fully saturated rings. The molecule has 2 aromatic heterocycles. The van der Waals surface area contributed by atoms with Crippen molar-refractivity contribution in [2.45, 2.75) is 19.9 Å². The second-order valence-electron chi connectivity index (χ2n) is 6.76. The summed E-state index contributed by atoms with van der Waals surface area (Å²) in [6, 6.07) is 19.4. The van der Waals surface area contributed by atoms with E-state index in [-0.39, 0.29) is 11.7 Å². The van der Waals surface area contributed by atoms with Crippen LogP contribution in [0.4, 0.5) is 0 Å². The third kappa shape index (κ3) is 4.40. The summed E-state index contributed by atoms with van der Waals surface area (Å²) in [6.07, 6.45) is 4.58. The number of carbonyl (C=O) groups is 1. The number of aryl methyl sites for hydroxylation is 2. The molecule has 2 aromatic carbocycles. The van der Waals surface area contributed by atoms with Crippen molar-refractivity contribution in [2.24, 2.45) is 0 Å². The topological polar surface area (TPSA) is 77.6 Å². The highest BCUT2D eigenvalue weighted by atomic mass is 16.2. The average Bonchev–Trinajstić information content (AvgIpc) is 3.39. The van der Waals surface area contributed by atoms with Gasteiger partial charge in [0.1, 0.15) is 0 Å². The minimum Gasteiger partial charge on any atom is -0.349 e. The fourth-order valence-corrected chi connectivity index (χ4v) is 3.04. The van der Waals surface area contributed by atoms with Crippen molar-refractivity contribution in [1.29, 1.82) is 0 Å². The van der Waals surface area contributed by atoms with Crippen LogP contribution in [0.5, 0.6) is 0 Å². The first-order chi connectivity index (χ1) is 14.2. The molecule has 146 valence electrons. The molecule has 0 aliphatic heterocycles. The van der Waals surface area contributed by atoms with E-state index in [1.807, 2.05) is 84.7 Å². The fraction of sp³-hybridized carbons (Fsp3) is 0.182. The Morgan fingerprint density at radius 1 is 1.03 bits per heavy atom. The lowest BCUT2D eigenvalue weighted by Gasteiger charge is -2.05. The fourth-order valence-electron chi connectivity index (χ4n) is 3.04. The standard InChI is InChI=1S/C22H22N6O/c1-17-15-24-27(16-17)14-8-13-23-22(29)20-25-21(18-9-4-2-5-10-18)28(26-20)19-11-6-3-7-12-19/h2-7,9-12,15-16H,8,13-14H2,1H3,(H,23,29). The van der Waals surface area contributed by atoms with Crippen molar-refractivity contribution in [2.75, 3.05) is 6.54 Å². The predicted octanol–water partition coefficient (Wildman–Crippen LogP) is 3.26. The Labute approximate surface area is 169 Å². The Bertz CT molecular complexity index is 1030. The molecule has 7 heteroatoms. The lowest BCUT2D eigenvalue weighted by molar-refractivity contribution is 0.0942. The maximum atomic E-state index is 12.6. The number of hydrogen-bond donors (Lipinski definition) is 1. The van der Waals surface area contributed by atoms with Gasteiger partial charge in [0.2, 0.25) is 5.82 Å². The molecule has 0 bridgehead atoms. The molecule has 0 radical (unpaired) electrons. The third-order valence-electron chi connectivity index (χ3n) is 4.45. The van der Waals surface area contributed by atoms with Crippen LogP contribution in [0.1, 0.15) is 22.6 Å². The Hall–Kier alpha value is -3.74. The van der Waals surface area contributed by atoms with Crippen molar-refractivity contribution in [3.05, 3.63) is 84.4 Å². The molecule has 4 aromatic rings. The van der Waals surface area contributed by atoms with Crippen molar-refractivity contribution in [3.8, 4) is 17.1 Å². The van der Waals surface area contributed by atoms with Gasteiger partial charge in [-0.25, -0.2) is 9.67 Å². The van der Waals surface area contributed by atoms with Gasteiger partial charge in [0, 0.05) is 24.8 Å². The predicted molar refractivity (Wildman–Crippen MR) is 111 cm³/mol.